The van der Waals surface area contributed by atoms with Crippen LogP contribution < -0.4 is 33.7 Å². The minimum atomic E-state index is -5.54. The summed E-state index contributed by atoms with van der Waals surface area (Å²) < 4.78 is 326. The number of aromatic amines is 6. The van der Waals surface area contributed by atoms with Crippen LogP contribution in [0, 0.1) is 0 Å². The summed E-state index contributed by atoms with van der Waals surface area (Å²) in [6, 6.07) is 30.1. The van der Waals surface area contributed by atoms with Gasteiger partial charge in [0.25, 0.3) is 91.1 Å². The molecule has 0 saturated carbocycles. The number of nitrogens with one attached hydrogen (secondary N) is 6. The molecular formula is C75H57Cl3LiN22NaO30S9. The molecule has 724 valence electrons. The standard InChI is InChI=1S/C75H57Cl3N22O30S9.Li.Na/c76-67-85-70(91-73(88-67)82-49-31-40(131(104,105)106)25-37-28-52(134(113,114)115)58(61(101)55(37)49)97-94-46-16-13-34-7-1-4-10-43(34)64(46)137(122,123)124)79-19-22-100(23-20-80-71-86-68(77)89-74(92-71)83-50-32-41(132(107,108)109)26-38-29-53(135(116,117)118)59(62(102)56(38)50)98-95-47-17-14-35-8-2-5-11-44(35)65(47)138(125,126)127)24-21-81-72-87-69(78)90-75(93-72)84-51-33-42(133(110,111)112)27-39-30-54(136(119,120)121)60(63(103)57(39)51)99-96-48-18-15-36-9-3-6-12-45(36)66(48)139(128,129)130;;/h1-18,25-33,101-103H,19-24H2,(H,104,105,106)(H,107,108,109)(H,110,111,112)(H,113,114,115)(H,116,117,118)(H,119,120,121)(H,122,123,124)(H,125,126,127)(H,128,129,130)(H2,79,82,85,88,91)(H2,80,83,86,89,92)(H2,81,84,87,90,93);;. The molecule has 0 saturated heterocycles. The maximum absolute atomic E-state index is 13.1. The SMILES string of the molecule is O=S(=O)(O)c1cc(N=c2[nH]c(Cl)nc(=NCCN(CCN=c3nc(Cl)[nH]c(=Nc4cc(S(=O)(=O)O)cc5cc(S(=O)(=O)O)c(N=Nc6ccc7ccccc7c6S(=O)(=O)O)c(O)c45)[nH]3)CCN=c3nc(Cl)[nH]c(=Nc4cc(S(=O)(=O)O)cc5cc(S(=O)(=O)O)c(N=Nc6ccc7ccccc7c6S(=O)(=O)O)c(O)c45)[nH]3)[nH]2)c2c(O)c(N=Nc3ccc4ccccc4c3S(=O)(=O)O)c(S(=O)(=O)O)cc2c1.[Li].[Na]. The van der Waals surface area contributed by atoms with Crippen molar-refractivity contribution in [2.24, 2.45) is 60.6 Å². The van der Waals surface area contributed by atoms with Gasteiger partial charge in [0.1, 0.15) is 63.5 Å². The first-order valence-electron chi connectivity index (χ1n) is 38.1. The van der Waals surface area contributed by atoms with Gasteiger partial charge in [0.15, 0.2) is 17.2 Å². The smallest absolute Gasteiger partial charge is 0.297 e. The molecule has 18 N–H and O–H groups in total. The average Bonchev–Trinajstić information content (AvgIpc) is 0.712. The average molecular weight is 2170 g/mol. The van der Waals surface area contributed by atoms with Crippen molar-refractivity contribution >= 4 is 290 Å². The zero-order valence-corrected chi connectivity index (χ0v) is 82.1. The van der Waals surface area contributed by atoms with Crippen molar-refractivity contribution < 1.29 is 132 Å². The number of hydrogen-bond acceptors (Lipinski definition) is 37. The number of fused-ring (bicyclic) bond motifs is 6. The largest absolute Gasteiger partial charge is 0.505 e. The fraction of sp³-hybridized carbons (Fsp3) is 0.0800. The number of nitrogens with zero attached hydrogens (tertiary/aromatic N) is 16. The van der Waals surface area contributed by atoms with E-state index in [1.165, 1.54) is 91.0 Å². The van der Waals surface area contributed by atoms with E-state index in [1.54, 1.807) is 4.90 Å². The quantitative estimate of drug-likeness (QED) is 0.0130. The molecule has 0 amide bonds. The first kappa shape index (κ1) is 106. The zero-order chi connectivity index (χ0) is 101. The third kappa shape index (κ3) is 23.9. The van der Waals surface area contributed by atoms with Crippen LogP contribution in [-0.4, -0.2) is 269 Å². The molecule has 0 bridgehead atoms. The van der Waals surface area contributed by atoms with Crippen LogP contribution >= 0.6 is 34.8 Å². The molecule has 52 nitrogen and oxygen atoms in total. The number of phenolic OH excluding ortho intramolecular Hbond substituents is 3. The summed E-state index contributed by atoms with van der Waals surface area (Å²) in [5.41, 5.74) is -10.0. The van der Waals surface area contributed by atoms with Gasteiger partial charge in [0.05, 0.1) is 67.5 Å². The predicted molar refractivity (Wildman–Crippen MR) is 498 cm³/mol. The monoisotopic (exact) mass is 2170 g/mol. The minimum Gasteiger partial charge on any atom is -0.505 e. The normalized spacial score (nSPS) is 13.9. The topological polar surface area (TPSA) is 835 Å². The molecule has 66 heteroatoms. The van der Waals surface area contributed by atoms with Gasteiger partial charge in [-0.05, 0) is 140 Å². The van der Waals surface area contributed by atoms with E-state index in [0.717, 1.165) is 18.2 Å². The molecule has 0 aliphatic carbocycles. The van der Waals surface area contributed by atoms with Crippen LogP contribution in [0.4, 0.5) is 51.2 Å². The number of aromatic hydroxyl groups is 3. The Morgan fingerprint density at radius 2 is 0.539 bits per heavy atom. The number of hydrogen-bond donors (Lipinski definition) is 18. The number of H-pyrrole nitrogens is 6. The number of azo groups is 3. The Hall–Kier alpha value is -12.2. The fourth-order valence-electron chi connectivity index (χ4n) is 14.1. The zero-order valence-electron chi connectivity index (χ0n) is 70.5. The molecule has 0 aliphatic rings. The molecule has 0 aliphatic heterocycles. The number of phenols is 3. The summed E-state index contributed by atoms with van der Waals surface area (Å²) in [5, 5.41) is 54.4. The van der Waals surface area contributed by atoms with Crippen molar-refractivity contribution in [3.05, 3.63) is 213 Å². The first-order valence-corrected chi connectivity index (χ1v) is 52.2. The Morgan fingerprint density at radius 1 is 0.291 bits per heavy atom. The van der Waals surface area contributed by atoms with E-state index in [9.17, 15) is 132 Å². The predicted octanol–water partition coefficient (Wildman–Crippen LogP) is 8.64. The molecule has 12 aromatic carbocycles. The van der Waals surface area contributed by atoms with Crippen LogP contribution in [0.5, 0.6) is 17.2 Å². The van der Waals surface area contributed by atoms with E-state index < -0.39 is 285 Å². The van der Waals surface area contributed by atoms with Crippen molar-refractivity contribution in [2.45, 2.75) is 44.1 Å². The molecule has 15 aromatic rings. The van der Waals surface area contributed by atoms with Crippen LogP contribution in [0.3, 0.4) is 0 Å². The van der Waals surface area contributed by atoms with E-state index in [0.29, 0.717) is 54.6 Å². The van der Waals surface area contributed by atoms with Crippen LogP contribution in [0.25, 0.3) is 64.6 Å². The molecule has 0 unspecified atom stereocenters. The van der Waals surface area contributed by atoms with Gasteiger partial charge in [0.2, 0.25) is 49.6 Å². The molecule has 2 radical (unpaired) electrons. The van der Waals surface area contributed by atoms with Gasteiger partial charge in [-0.25, -0.2) is 30.0 Å². The third-order valence-corrected chi connectivity index (χ3v) is 28.3. The third-order valence-electron chi connectivity index (χ3n) is 19.9. The summed E-state index contributed by atoms with van der Waals surface area (Å²) in [4.78, 5) is 46.7. The van der Waals surface area contributed by atoms with Gasteiger partial charge < -0.3 is 30.3 Å². The van der Waals surface area contributed by atoms with Crippen LogP contribution in [-0.2, 0) is 91.1 Å². The van der Waals surface area contributed by atoms with Gasteiger partial charge >= 0.3 is 0 Å². The Balaban J connectivity index is 0.00000836. The second-order valence-electron chi connectivity index (χ2n) is 28.9. The molecule has 3 heterocycles. The van der Waals surface area contributed by atoms with Crippen molar-refractivity contribution in [1.82, 2.24) is 49.8 Å². The first-order chi connectivity index (χ1) is 65.0. The van der Waals surface area contributed by atoms with Gasteiger partial charge in [-0.3, -0.25) is 60.8 Å². The van der Waals surface area contributed by atoms with Gasteiger partial charge in [-0.1, -0.05) is 91.0 Å². The maximum Gasteiger partial charge on any atom is 0.297 e. The van der Waals surface area contributed by atoms with Crippen LogP contribution in [0.2, 0.25) is 15.9 Å². The van der Waals surface area contributed by atoms with Crippen LogP contribution in [0.15, 0.2) is 268 Å². The van der Waals surface area contributed by atoms with Crippen molar-refractivity contribution in [3.63, 3.8) is 0 Å². The fourth-order valence-corrected chi connectivity index (χ4v) is 20.7. The van der Waals surface area contributed by atoms with Gasteiger partial charge in [-0.2, -0.15) is 90.7 Å². The Kier molecular flexibility index (Phi) is 30.6. The van der Waals surface area contributed by atoms with E-state index in [1.807, 2.05) is 0 Å². The molecule has 0 atom stereocenters. The van der Waals surface area contributed by atoms with Crippen LogP contribution in [0.1, 0.15) is 0 Å². The molecule has 141 heavy (non-hydrogen) atoms. The van der Waals surface area contributed by atoms with E-state index >= 15 is 0 Å². The second kappa shape index (κ2) is 40.7. The molecular weight excluding hydrogens is 2110 g/mol. The Labute approximate surface area is 838 Å². The van der Waals surface area contributed by atoms with E-state index in [2.05, 4.69) is 105 Å². The minimum absolute atomic E-state index is 0. The van der Waals surface area contributed by atoms with Crippen molar-refractivity contribution in [2.75, 3.05) is 39.3 Å². The maximum atomic E-state index is 13.1. The summed E-state index contributed by atoms with van der Waals surface area (Å²) >= 11 is 19.5. The Bertz CT molecular complexity index is 8740. The van der Waals surface area contributed by atoms with E-state index in [-0.39, 0.29) is 120 Å². The summed E-state index contributed by atoms with van der Waals surface area (Å²) in [5.74, 6) is -3.71. The van der Waals surface area contributed by atoms with Gasteiger partial charge in [0, 0.05) is 84.2 Å². The number of rotatable bonds is 27. The van der Waals surface area contributed by atoms with E-state index in [4.69, 9.17) is 34.8 Å². The van der Waals surface area contributed by atoms with Gasteiger partial charge in [-0.15, -0.1) is 30.7 Å². The number of benzene rings is 12. The summed E-state index contributed by atoms with van der Waals surface area (Å²) in [7, 11) is -48.0. The number of aromatic nitrogens is 9. The second-order valence-corrected chi connectivity index (χ2v) is 42.5. The summed E-state index contributed by atoms with van der Waals surface area (Å²) in [6.45, 7) is -1.66. The molecule has 0 spiro atoms. The molecule has 15 rings (SSSR count). The van der Waals surface area contributed by atoms with Crippen molar-refractivity contribution in [3.8, 4) is 17.2 Å². The summed E-state index contributed by atoms with van der Waals surface area (Å²) in [6.07, 6.45) is 0. The van der Waals surface area contributed by atoms with Crippen molar-refractivity contribution in [1.29, 1.82) is 0 Å². The molecule has 3 aromatic heterocycles. The number of halogens is 3. The molecule has 0 fully saturated rings. The Morgan fingerprint density at radius 3 is 0.773 bits per heavy atom.